The van der Waals surface area contributed by atoms with Crippen LogP contribution in [0.25, 0.3) is 0 Å². The molecule has 0 bridgehead atoms. The van der Waals surface area contributed by atoms with Crippen molar-refractivity contribution in [2.24, 2.45) is 0 Å². The molecule has 1 aliphatic heterocycles. The van der Waals surface area contributed by atoms with Crippen LogP contribution in [-0.2, 0) is 14.4 Å². The lowest BCUT2D eigenvalue weighted by atomic mass is 10.2. The van der Waals surface area contributed by atoms with Crippen molar-refractivity contribution in [3.63, 3.8) is 0 Å². The summed E-state index contributed by atoms with van der Waals surface area (Å²) in [5, 5.41) is 11.2. The Kier molecular flexibility index (Phi) is 5.89. The van der Waals surface area contributed by atoms with E-state index in [4.69, 9.17) is 5.11 Å². The van der Waals surface area contributed by atoms with Crippen LogP contribution in [0.15, 0.2) is 12.7 Å². The predicted molar refractivity (Wildman–Crippen MR) is 73.4 cm³/mol. The molecule has 1 rings (SSSR count). The predicted octanol–water partition coefficient (Wildman–Crippen LogP) is -0.194. The number of aliphatic carboxylic acids is 1. The number of carbonyl (C=O) groups excluding carboxylic acids is 3. The van der Waals surface area contributed by atoms with Gasteiger partial charge in [-0.25, -0.2) is 9.59 Å². The Bertz CT molecular complexity index is 463. The highest BCUT2D eigenvalue weighted by atomic mass is 16.4. The monoisotopic (exact) mass is 297 g/mol. The summed E-state index contributed by atoms with van der Waals surface area (Å²) in [6.07, 6.45) is 1.88. The molecule has 0 aliphatic carbocycles. The van der Waals surface area contributed by atoms with Gasteiger partial charge in [-0.1, -0.05) is 6.08 Å². The largest absolute Gasteiger partial charge is 0.480 e. The van der Waals surface area contributed by atoms with Crippen molar-refractivity contribution >= 4 is 23.8 Å². The fourth-order valence-corrected chi connectivity index (χ4v) is 1.94. The highest BCUT2D eigenvalue weighted by molar-refractivity contribution is 6.01. The van der Waals surface area contributed by atoms with Gasteiger partial charge in [0.05, 0.1) is 0 Å². The number of hydrogen-bond acceptors (Lipinski definition) is 4. The first-order valence-corrected chi connectivity index (χ1v) is 6.55. The fraction of sp³-hybridized carbons (Fsp3) is 0.538. The lowest BCUT2D eigenvalue weighted by molar-refractivity contribution is -0.141. The number of carboxylic acids is 1. The van der Waals surface area contributed by atoms with Crippen LogP contribution in [-0.4, -0.2) is 64.9 Å². The number of likely N-dealkylation sites (N-methyl/N-ethyl adjacent to an activating group) is 1. The van der Waals surface area contributed by atoms with E-state index in [-0.39, 0.29) is 44.3 Å². The maximum Gasteiger partial charge on any atom is 0.326 e. The molecule has 0 saturated carbocycles. The first-order valence-electron chi connectivity index (χ1n) is 6.55. The Morgan fingerprint density at radius 1 is 1.48 bits per heavy atom. The van der Waals surface area contributed by atoms with E-state index in [0.29, 0.717) is 0 Å². The number of nitrogens with one attached hydrogen (secondary N) is 1. The third-order valence-electron chi connectivity index (χ3n) is 3.05. The average molecular weight is 297 g/mol. The van der Waals surface area contributed by atoms with Crippen molar-refractivity contribution in [3.8, 4) is 0 Å². The number of hydrogen-bond donors (Lipinski definition) is 2. The van der Waals surface area contributed by atoms with Crippen LogP contribution >= 0.6 is 0 Å². The summed E-state index contributed by atoms with van der Waals surface area (Å²) in [6, 6.07) is -1.38. The van der Waals surface area contributed by atoms with Crippen LogP contribution in [0.4, 0.5) is 4.79 Å². The summed E-state index contributed by atoms with van der Waals surface area (Å²) in [5.41, 5.74) is 0. The molecule has 8 nitrogen and oxygen atoms in total. The quantitative estimate of drug-likeness (QED) is 0.477. The van der Waals surface area contributed by atoms with Gasteiger partial charge in [-0.2, -0.15) is 0 Å². The molecule has 0 aromatic carbocycles. The SMILES string of the molecule is C=CCC(NC(=O)CCCN1C(=O)CN(C)C1=O)C(=O)O. The summed E-state index contributed by atoms with van der Waals surface area (Å²) >= 11 is 0. The number of nitrogens with zero attached hydrogens (tertiary/aromatic N) is 2. The summed E-state index contributed by atoms with van der Waals surface area (Å²) in [4.78, 5) is 48.0. The molecule has 0 radical (unpaired) electrons. The molecule has 8 heteroatoms. The minimum absolute atomic E-state index is 0.0434. The Balaban J connectivity index is 2.36. The zero-order chi connectivity index (χ0) is 16.0. The molecule has 1 aliphatic rings. The Labute approximate surface area is 122 Å². The van der Waals surface area contributed by atoms with Gasteiger partial charge in [-0.15, -0.1) is 6.58 Å². The lowest BCUT2D eigenvalue weighted by Gasteiger charge is -2.15. The fourth-order valence-electron chi connectivity index (χ4n) is 1.94. The van der Waals surface area contributed by atoms with E-state index in [1.165, 1.54) is 18.0 Å². The lowest BCUT2D eigenvalue weighted by Crippen LogP contribution is -2.40. The van der Waals surface area contributed by atoms with Gasteiger partial charge in [0.15, 0.2) is 0 Å². The number of imide groups is 1. The third-order valence-corrected chi connectivity index (χ3v) is 3.05. The van der Waals surface area contributed by atoms with Crippen LogP contribution in [0.3, 0.4) is 0 Å². The standard InChI is InChI=1S/C13H19N3O5/c1-3-5-9(12(19)20)14-10(17)6-4-7-16-11(18)8-15(2)13(16)21/h3,9H,1,4-8H2,2H3,(H,14,17)(H,19,20). The summed E-state index contributed by atoms with van der Waals surface area (Å²) < 4.78 is 0. The van der Waals surface area contributed by atoms with Gasteiger partial charge in [-0.3, -0.25) is 14.5 Å². The van der Waals surface area contributed by atoms with Gasteiger partial charge in [-0.05, 0) is 12.8 Å². The van der Waals surface area contributed by atoms with E-state index in [2.05, 4.69) is 11.9 Å². The first kappa shape index (κ1) is 16.7. The van der Waals surface area contributed by atoms with E-state index in [0.717, 1.165) is 4.90 Å². The normalized spacial score (nSPS) is 16.0. The number of amides is 4. The van der Waals surface area contributed by atoms with Gasteiger partial charge in [0.2, 0.25) is 11.8 Å². The van der Waals surface area contributed by atoms with Crippen molar-refractivity contribution in [2.75, 3.05) is 20.1 Å². The zero-order valence-corrected chi connectivity index (χ0v) is 11.9. The van der Waals surface area contributed by atoms with E-state index in [9.17, 15) is 19.2 Å². The van der Waals surface area contributed by atoms with E-state index < -0.39 is 17.9 Å². The van der Waals surface area contributed by atoms with Gasteiger partial charge in [0.1, 0.15) is 12.6 Å². The molecule has 1 fully saturated rings. The Hall–Kier alpha value is -2.38. The smallest absolute Gasteiger partial charge is 0.326 e. The average Bonchev–Trinajstić information content (AvgIpc) is 2.64. The number of urea groups is 1. The molecule has 1 saturated heterocycles. The van der Waals surface area contributed by atoms with Gasteiger partial charge >= 0.3 is 12.0 Å². The Morgan fingerprint density at radius 3 is 2.62 bits per heavy atom. The minimum atomic E-state index is -1.13. The second-order valence-electron chi connectivity index (χ2n) is 4.77. The molecular formula is C13H19N3O5. The van der Waals surface area contributed by atoms with Crippen LogP contribution in [0, 0.1) is 0 Å². The zero-order valence-electron chi connectivity index (χ0n) is 11.9. The molecule has 0 spiro atoms. The summed E-state index contributed by atoms with van der Waals surface area (Å²) in [6.45, 7) is 3.62. The molecule has 21 heavy (non-hydrogen) atoms. The van der Waals surface area contributed by atoms with E-state index in [1.54, 1.807) is 0 Å². The second-order valence-corrected chi connectivity index (χ2v) is 4.77. The third kappa shape index (κ3) is 4.59. The maximum absolute atomic E-state index is 11.6. The van der Waals surface area contributed by atoms with E-state index in [1.807, 2.05) is 0 Å². The van der Waals surface area contributed by atoms with Crippen molar-refractivity contribution in [2.45, 2.75) is 25.3 Å². The molecule has 116 valence electrons. The molecule has 4 amide bonds. The summed E-state index contributed by atoms with van der Waals surface area (Å²) in [5.74, 6) is -1.86. The van der Waals surface area contributed by atoms with Crippen molar-refractivity contribution in [3.05, 3.63) is 12.7 Å². The van der Waals surface area contributed by atoms with Crippen LogP contribution in [0.1, 0.15) is 19.3 Å². The van der Waals surface area contributed by atoms with Crippen LogP contribution in [0.5, 0.6) is 0 Å². The van der Waals surface area contributed by atoms with Crippen LogP contribution < -0.4 is 5.32 Å². The van der Waals surface area contributed by atoms with E-state index >= 15 is 0 Å². The molecule has 0 aromatic rings. The minimum Gasteiger partial charge on any atom is -0.480 e. The van der Waals surface area contributed by atoms with Gasteiger partial charge < -0.3 is 15.3 Å². The molecule has 2 N–H and O–H groups in total. The highest BCUT2D eigenvalue weighted by Gasteiger charge is 2.32. The topological polar surface area (TPSA) is 107 Å². The molecule has 1 heterocycles. The first-order chi connectivity index (χ1) is 9.86. The molecule has 0 aromatic heterocycles. The second kappa shape index (κ2) is 7.41. The van der Waals surface area contributed by atoms with Crippen molar-refractivity contribution in [1.82, 2.24) is 15.1 Å². The summed E-state index contributed by atoms with van der Waals surface area (Å²) in [7, 11) is 1.53. The van der Waals surface area contributed by atoms with Crippen molar-refractivity contribution in [1.29, 1.82) is 0 Å². The number of carboxylic acid groups (broad SMARTS) is 1. The highest BCUT2D eigenvalue weighted by Crippen LogP contribution is 2.09. The maximum atomic E-state index is 11.6. The molecule has 1 unspecified atom stereocenters. The van der Waals surface area contributed by atoms with Crippen LogP contribution in [0.2, 0.25) is 0 Å². The Morgan fingerprint density at radius 2 is 2.14 bits per heavy atom. The molecule has 1 atom stereocenters. The number of carbonyl (C=O) groups is 4. The number of rotatable bonds is 8. The van der Waals surface area contributed by atoms with Gasteiger partial charge in [0.25, 0.3) is 0 Å². The molecular weight excluding hydrogens is 278 g/mol. The van der Waals surface area contributed by atoms with Crippen molar-refractivity contribution < 1.29 is 24.3 Å². The van der Waals surface area contributed by atoms with Gasteiger partial charge in [0, 0.05) is 20.0 Å².